The van der Waals surface area contributed by atoms with E-state index >= 15 is 0 Å². The molecule has 0 unspecified atom stereocenters. The minimum atomic E-state index is 0.867. The molecule has 0 aliphatic carbocycles. The summed E-state index contributed by atoms with van der Waals surface area (Å²) in [6, 6.07) is 26.6. The van der Waals surface area contributed by atoms with Gasteiger partial charge in [0.25, 0.3) is 0 Å². The Hall–Kier alpha value is -5.22. The van der Waals surface area contributed by atoms with Crippen LogP contribution in [-0.2, 0) is 6.42 Å². The van der Waals surface area contributed by atoms with Crippen molar-refractivity contribution in [1.29, 1.82) is 0 Å². The zero-order valence-electron chi connectivity index (χ0n) is 40.0. The van der Waals surface area contributed by atoms with Crippen LogP contribution in [0.15, 0.2) is 92.8 Å². The average molecular weight is 801 g/mol. The van der Waals surface area contributed by atoms with E-state index in [1.54, 1.807) is 0 Å². The van der Waals surface area contributed by atoms with Crippen LogP contribution in [0.3, 0.4) is 0 Å². The summed E-state index contributed by atoms with van der Waals surface area (Å²) in [4.78, 5) is 20.4. The van der Waals surface area contributed by atoms with Crippen molar-refractivity contribution in [3.63, 3.8) is 0 Å². The zero-order valence-corrected chi connectivity index (χ0v) is 40.0. The second-order valence-electron chi connectivity index (χ2n) is 17.3. The standard InChI is InChI=1S/C33H42N2.C23H30N2/c1-9-30(34-32-25(5)18-23(3)19-26(32)6)31(35-33-27(7)20-24(4)21-28(33)8)13-11-10-12-29-16-14-22(2)15-17-29;1-9-21(25-23-18(6)12-15(3)13-19(23)7)20(8)24-22-16(4)10-14(2)11-17(22)5/h14-21H,9-13H2,1-8H3;10-13H,9H2,1-8H3. The summed E-state index contributed by atoms with van der Waals surface area (Å²) in [6.07, 6.45) is 6.02. The molecule has 5 aromatic carbocycles. The van der Waals surface area contributed by atoms with Crippen molar-refractivity contribution in [1.82, 2.24) is 0 Å². The molecule has 0 atom stereocenters. The van der Waals surface area contributed by atoms with Gasteiger partial charge < -0.3 is 0 Å². The minimum absolute atomic E-state index is 0.867. The van der Waals surface area contributed by atoms with Crippen LogP contribution in [-0.4, -0.2) is 22.8 Å². The maximum Gasteiger partial charge on any atom is 0.0692 e. The van der Waals surface area contributed by atoms with Gasteiger partial charge >= 0.3 is 0 Å². The Morgan fingerprint density at radius 2 is 0.683 bits per heavy atom. The molecule has 0 radical (unpaired) electrons. The van der Waals surface area contributed by atoms with Crippen LogP contribution in [0.25, 0.3) is 0 Å². The molecule has 0 aromatic heterocycles. The van der Waals surface area contributed by atoms with Crippen molar-refractivity contribution in [2.75, 3.05) is 0 Å². The lowest BCUT2D eigenvalue weighted by Crippen LogP contribution is -2.14. The van der Waals surface area contributed by atoms with Gasteiger partial charge in [0.05, 0.1) is 45.6 Å². The van der Waals surface area contributed by atoms with Gasteiger partial charge in [-0.2, -0.15) is 0 Å². The van der Waals surface area contributed by atoms with Crippen LogP contribution in [0.2, 0.25) is 0 Å². The van der Waals surface area contributed by atoms with Gasteiger partial charge in [0, 0.05) is 0 Å². The lowest BCUT2D eigenvalue weighted by Gasteiger charge is -2.14. The highest BCUT2D eigenvalue weighted by Crippen LogP contribution is 2.30. The predicted molar refractivity (Wildman–Crippen MR) is 266 cm³/mol. The van der Waals surface area contributed by atoms with Gasteiger partial charge in [-0.25, -0.2) is 0 Å². The smallest absolute Gasteiger partial charge is 0.0692 e. The maximum absolute atomic E-state index is 5.29. The van der Waals surface area contributed by atoms with E-state index in [1.165, 1.54) is 77.9 Å². The fourth-order valence-electron chi connectivity index (χ4n) is 8.44. The van der Waals surface area contributed by atoms with Crippen molar-refractivity contribution >= 4 is 45.6 Å². The molecular weight excluding hydrogens is 729 g/mol. The second-order valence-corrected chi connectivity index (χ2v) is 17.3. The van der Waals surface area contributed by atoms with Crippen molar-refractivity contribution in [3.8, 4) is 0 Å². The quantitative estimate of drug-likeness (QED) is 0.0841. The maximum atomic E-state index is 5.29. The molecule has 0 amide bonds. The molecule has 4 heteroatoms. The highest BCUT2D eigenvalue weighted by Gasteiger charge is 2.14. The van der Waals surface area contributed by atoms with E-state index in [0.29, 0.717) is 0 Å². The molecule has 0 saturated heterocycles. The molecule has 0 N–H and O–H groups in total. The molecule has 4 nitrogen and oxygen atoms in total. The number of rotatable bonds is 13. The molecule has 0 spiro atoms. The fraction of sp³-hybridized carbons (Fsp3) is 0.393. The van der Waals surface area contributed by atoms with Crippen LogP contribution < -0.4 is 0 Å². The van der Waals surface area contributed by atoms with E-state index in [-0.39, 0.29) is 0 Å². The van der Waals surface area contributed by atoms with Gasteiger partial charge in [-0.05, 0) is 186 Å². The number of benzene rings is 5. The molecule has 5 aromatic rings. The number of hydrogen-bond acceptors (Lipinski definition) is 4. The van der Waals surface area contributed by atoms with Crippen molar-refractivity contribution < 1.29 is 0 Å². The van der Waals surface area contributed by atoms with Crippen LogP contribution in [0.1, 0.15) is 131 Å². The third-order valence-corrected chi connectivity index (χ3v) is 11.2. The molecule has 0 fully saturated rings. The van der Waals surface area contributed by atoms with E-state index in [1.807, 2.05) is 0 Å². The van der Waals surface area contributed by atoms with Crippen LogP contribution in [0.4, 0.5) is 22.7 Å². The Morgan fingerprint density at radius 1 is 0.367 bits per heavy atom. The topological polar surface area (TPSA) is 49.4 Å². The molecule has 0 aliphatic heterocycles. The molecule has 5 rings (SSSR count). The Morgan fingerprint density at radius 3 is 1.03 bits per heavy atom. The van der Waals surface area contributed by atoms with Crippen molar-refractivity contribution in [3.05, 3.63) is 151 Å². The summed E-state index contributed by atoms with van der Waals surface area (Å²) in [5, 5.41) is 0. The summed E-state index contributed by atoms with van der Waals surface area (Å²) < 4.78 is 0. The van der Waals surface area contributed by atoms with E-state index in [9.17, 15) is 0 Å². The Balaban J connectivity index is 0.000000280. The van der Waals surface area contributed by atoms with Crippen LogP contribution >= 0.6 is 0 Å². The molecule has 60 heavy (non-hydrogen) atoms. The first kappa shape index (κ1) is 47.5. The first-order valence-electron chi connectivity index (χ1n) is 22.1. The monoisotopic (exact) mass is 801 g/mol. The third kappa shape index (κ3) is 13.1. The first-order valence-corrected chi connectivity index (χ1v) is 22.1. The summed E-state index contributed by atoms with van der Waals surface area (Å²) >= 11 is 0. The Kier molecular flexibility index (Phi) is 17.3. The second kappa shape index (κ2) is 21.9. The highest BCUT2D eigenvalue weighted by atomic mass is 14.8. The van der Waals surface area contributed by atoms with Gasteiger partial charge in [0.2, 0.25) is 0 Å². The number of aryl methyl sites for hydroxylation is 14. The molecule has 0 aliphatic rings. The normalized spacial score (nSPS) is 12.5. The van der Waals surface area contributed by atoms with Crippen LogP contribution in [0, 0.1) is 90.0 Å². The molecule has 0 saturated carbocycles. The summed E-state index contributed by atoms with van der Waals surface area (Å²) in [7, 11) is 0. The highest BCUT2D eigenvalue weighted by molar-refractivity contribution is 6.43. The first-order chi connectivity index (χ1) is 28.4. The van der Waals surface area contributed by atoms with Crippen molar-refractivity contribution in [2.45, 2.75) is 149 Å². The molecule has 0 bridgehead atoms. The SMILES string of the molecule is CCC(=Nc1c(C)cc(C)cc1C)C(C)=Nc1c(C)cc(C)cc1C.CCC(=Nc1c(C)cc(C)cc1C)C(CCCCc1ccc(C)cc1)=Nc1c(C)cc(C)cc1C. The predicted octanol–water partition coefficient (Wildman–Crippen LogP) is 16.3. The van der Waals surface area contributed by atoms with Gasteiger partial charge in [0.15, 0.2) is 0 Å². The number of hydrogen-bond donors (Lipinski definition) is 0. The minimum Gasteiger partial charge on any atom is -0.251 e. The number of aliphatic imine (C=N–C) groups is 4. The van der Waals surface area contributed by atoms with Gasteiger partial charge in [-0.15, -0.1) is 0 Å². The molecule has 0 heterocycles. The summed E-state index contributed by atoms with van der Waals surface area (Å²) in [5.41, 5.74) is 26.3. The van der Waals surface area contributed by atoms with Crippen LogP contribution in [0.5, 0.6) is 0 Å². The van der Waals surface area contributed by atoms with E-state index < -0.39 is 0 Å². The average Bonchev–Trinajstić information content (AvgIpc) is 3.16. The van der Waals surface area contributed by atoms with E-state index in [0.717, 1.165) is 84.1 Å². The van der Waals surface area contributed by atoms with E-state index in [4.69, 9.17) is 20.0 Å². The number of unbranched alkanes of at least 4 members (excludes halogenated alkanes) is 1. The van der Waals surface area contributed by atoms with E-state index in [2.05, 4.69) is 184 Å². The lowest BCUT2D eigenvalue weighted by molar-refractivity contribution is 0.763. The number of nitrogens with zero attached hydrogens (tertiary/aromatic N) is 4. The fourth-order valence-corrected chi connectivity index (χ4v) is 8.44. The zero-order chi connectivity index (χ0) is 44.3. The summed E-state index contributed by atoms with van der Waals surface area (Å²) in [5.74, 6) is 0. The Bertz CT molecular complexity index is 2320. The largest absolute Gasteiger partial charge is 0.251 e. The lowest BCUT2D eigenvalue weighted by atomic mass is 10.00. The Labute approximate surface area is 364 Å². The van der Waals surface area contributed by atoms with Gasteiger partial charge in [-0.1, -0.05) is 114 Å². The molecular formula is C56H72N4. The summed E-state index contributed by atoms with van der Waals surface area (Å²) in [6.45, 7) is 34.3. The van der Waals surface area contributed by atoms with Gasteiger partial charge in [-0.3, -0.25) is 20.0 Å². The van der Waals surface area contributed by atoms with Crippen molar-refractivity contribution in [2.24, 2.45) is 20.0 Å². The third-order valence-electron chi connectivity index (χ3n) is 11.2. The van der Waals surface area contributed by atoms with Gasteiger partial charge in [0.1, 0.15) is 0 Å². The molecule has 316 valence electrons.